The summed E-state index contributed by atoms with van der Waals surface area (Å²) < 4.78 is 6.59. The molecule has 0 spiro atoms. The Morgan fingerprint density at radius 2 is 1.97 bits per heavy atom. The molecule has 2 atom stereocenters. The van der Waals surface area contributed by atoms with Crippen LogP contribution in [-0.2, 0) is 20.7 Å². The molecule has 0 aromatic heterocycles. The average molecular weight is 424 g/mol. The molecule has 0 aliphatic carbocycles. The minimum atomic E-state index is -1.88. The van der Waals surface area contributed by atoms with E-state index in [1.54, 1.807) is 18.3 Å². The van der Waals surface area contributed by atoms with E-state index in [-0.39, 0.29) is 22.9 Å². The number of benzene rings is 1. The van der Waals surface area contributed by atoms with Crippen molar-refractivity contribution in [3.63, 3.8) is 0 Å². The summed E-state index contributed by atoms with van der Waals surface area (Å²) >= 11 is 0. The molecule has 1 saturated heterocycles. The highest BCUT2D eigenvalue weighted by Crippen LogP contribution is 2.39. The fraction of sp³-hybridized carbons (Fsp3) is 0.650. The first-order valence-corrected chi connectivity index (χ1v) is 12.8. The molecule has 0 amide bonds. The van der Waals surface area contributed by atoms with E-state index < -0.39 is 13.2 Å². The number of hydrogen-bond donors (Lipinski definition) is 0. The number of oxime groups is 1. The highest BCUT2D eigenvalue weighted by atomic mass is 28.4. The molecule has 0 N–H and O–H groups in total. The van der Waals surface area contributed by atoms with Gasteiger partial charge in [0.15, 0.2) is 8.32 Å². The third-order valence-corrected chi connectivity index (χ3v) is 10.2. The van der Waals surface area contributed by atoms with Crippen molar-refractivity contribution >= 4 is 20.2 Å². The third-order valence-electron chi connectivity index (χ3n) is 5.69. The quantitative estimate of drug-likeness (QED) is 0.251. The van der Waals surface area contributed by atoms with Crippen LogP contribution in [0.2, 0.25) is 18.1 Å². The van der Waals surface area contributed by atoms with Gasteiger partial charge in [0, 0.05) is 37.4 Å². The summed E-state index contributed by atoms with van der Waals surface area (Å²) in [4.78, 5) is 21.2. The molecule has 0 bridgehead atoms. The smallest absolute Gasteiger partial charge is 0.269 e. The number of nitro groups is 1. The zero-order valence-electron chi connectivity index (χ0n) is 18.3. The zero-order chi connectivity index (χ0) is 21.7. The zero-order valence-corrected chi connectivity index (χ0v) is 19.3. The van der Waals surface area contributed by atoms with Crippen LogP contribution in [0.4, 0.5) is 5.69 Å². The van der Waals surface area contributed by atoms with E-state index in [9.17, 15) is 10.1 Å². The maximum Gasteiger partial charge on any atom is 0.269 e. The second-order valence-corrected chi connectivity index (χ2v) is 13.6. The first-order chi connectivity index (χ1) is 13.5. The van der Waals surface area contributed by atoms with Crippen molar-refractivity contribution in [1.82, 2.24) is 5.06 Å². The number of rotatable bonds is 9. The van der Waals surface area contributed by atoms with Gasteiger partial charge in [-0.15, -0.1) is 0 Å². The normalized spacial score (nSPS) is 21.0. The molecular weight excluding hydrogens is 390 g/mol. The third kappa shape index (κ3) is 6.60. The first kappa shape index (κ1) is 23.5. The monoisotopic (exact) mass is 423 g/mol. The lowest BCUT2D eigenvalue weighted by Crippen LogP contribution is -2.44. The minimum Gasteiger partial charge on any atom is -0.412 e. The van der Waals surface area contributed by atoms with Gasteiger partial charge < -0.3 is 9.26 Å². The van der Waals surface area contributed by atoms with Gasteiger partial charge in [-0.3, -0.25) is 15.0 Å². The van der Waals surface area contributed by atoms with Crippen LogP contribution in [0.5, 0.6) is 0 Å². The minimum absolute atomic E-state index is 0.0754. The fourth-order valence-electron chi connectivity index (χ4n) is 3.01. The lowest BCUT2D eigenvalue weighted by Gasteiger charge is -2.38. The summed E-state index contributed by atoms with van der Waals surface area (Å²) in [7, 11) is -0.350. The topological polar surface area (TPSA) is 86.4 Å². The van der Waals surface area contributed by atoms with Crippen molar-refractivity contribution in [3.05, 3.63) is 39.9 Å². The highest BCUT2D eigenvalue weighted by molar-refractivity contribution is 6.74. The van der Waals surface area contributed by atoms with Crippen molar-refractivity contribution < 1.29 is 19.0 Å². The summed E-state index contributed by atoms with van der Waals surface area (Å²) in [5.41, 5.74) is 0.958. The molecule has 1 heterocycles. The molecule has 1 aliphatic rings. The molecule has 162 valence electrons. The van der Waals surface area contributed by atoms with Crippen molar-refractivity contribution in [2.24, 2.45) is 5.16 Å². The van der Waals surface area contributed by atoms with Crippen LogP contribution in [0.25, 0.3) is 0 Å². The Hall–Kier alpha value is -1.81. The number of nitro benzene ring substituents is 1. The molecule has 2 rings (SSSR count). The Morgan fingerprint density at radius 3 is 2.52 bits per heavy atom. The Kier molecular flexibility index (Phi) is 7.92. The summed E-state index contributed by atoms with van der Waals surface area (Å²) in [5.74, 6) is 0. The lowest BCUT2D eigenvalue weighted by molar-refractivity contribution is -0.384. The van der Waals surface area contributed by atoms with E-state index in [4.69, 9.17) is 14.1 Å². The van der Waals surface area contributed by atoms with E-state index in [0.29, 0.717) is 19.6 Å². The molecule has 0 radical (unpaired) electrons. The van der Waals surface area contributed by atoms with E-state index in [1.165, 1.54) is 19.2 Å². The summed E-state index contributed by atoms with van der Waals surface area (Å²) in [6, 6.07) is 6.57. The highest BCUT2D eigenvalue weighted by Gasteiger charge is 2.42. The SMILES string of the molecule is CON=CC[C@@H]1C[C@@H](O[Si](C)(C)C(C)(C)C)CN1OCc1ccc([N+](=O)[O-])cc1. The van der Waals surface area contributed by atoms with E-state index in [1.807, 2.05) is 5.06 Å². The number of nitrogens with zero attached hydrogens (tertiary/aromatic N) is 3. The standard InChI is InChI=1S/C20H33N3O5Si/c1-20(2,3)29(5,6)28-19-13-18(11-12-21-26-4)22(14-19)27-15-16-7-9-17(10-8-16)23(24)25/h7-10,12,18-19H,11,13-15H2,1-6H3/t18-,19-/m1/s1. The van der Waals surface area contributed by atoms with Crippen molar-refractivity contribution in [1.29, 1.82) is 0 Å². The van der Waals surface area contributed by atoms with Gasteiger partial charge in [-0.2, -0.15) is 5.06 Å². The molecule has 1 aromatic rings. The van der Waals surface area contributed by atoms with Crippen LogP contribution in [0, 0.1) is 10.1 Å². The molecule has 1 fully saturated rings. The van der Waals surface area contributed by atoms with Crippen molar-refractivity contribution in [3.8, 4) is 0 Å². The lowest BCUT2D eigenvalue weighted by atomic mass is 10.1. The average Bonchev–Trinajstić information content (AvgIpc) is 3.00. The first-order valence-electron chi connectivity index (χ1n) is 9.89. The Bertz CT molecular complexity index is 703. The molecule has 8 nitrogen and oxygen atoms in total. The molecule has 0 unspecified atom stereocenters. The van der Waals surface area contributed by atoms with Gasteiger partial charge in [-0.1, -0.05) is 25.9 Å². The van der Waals surface area contributed by atoms with E-state index in [0.717, 1.165) is 12.0 Å². The summed E-state index contributed by atoms with van der Waals surface area (Å²) in [6.45, 7) is 12.3. The molecule has 0 saturated carbocycles. The molecule has 9 heteroatoms. The molecule has 1 aromatic carbocycles. The summed E-state index contributed by atoms with van der Waals surface area (Å²) in [5, 5.41) is 16.8. The van der Waals surface area contributed by atoms with Gasteiger partial charge in [0.1, 0.15) is 7.11 Å². The van der Waals surface area contributed by atoms with Crippen molar-refractivity contribution in [2.45, 2.75) is 70.5 Å². The second kappa shape index (κ2) is 9.79. The van der Waals surface area contributed by atoms with Crippen LogP contribution in [-0.4, -0.2) is 50.3 Å². The molecular formula is C20H33N3O5Si. The van der Waals surface area contributed by atoms with Crippen LogP contribution in [0.3, 0.4) is 0 Å². The fourth-order valence-corrected chi connectivity index (χ4v) is 4.36. The van der Waals surface area contributed by atoms with Crippen LogP contribution >= 0.6 is 0 Å². The maximum atomic E-state index is 10.8. The number of hydroxylamine groups is 2. The van der Waals surface area contributed by atoms with Crippen molar-refractivity contribution in [2.75, 3.05) is 13.7 Å². The predicted octanol–water partition coefficient (Wildman–Crippen LogP) is 4.51. The van der Waals surface area contributed by atoms with Gasteiger partial charge in [-0.25, -0.2) is 0 Å². The Balaban J connectivity index is 2.02. The second-order valence-electron chi connectivity index (χ2n) is 8.89. The molecule has 29 heavy (non-hydrogen) atoms. The van der Waals surface area contributed by atoms with Gasteiger partial charge in [0.25, 0.3) is 5.69 Å². The maximum absolute atomic E-state index is 10.8. The number of non-ortho nitro benzene ring substituents is 1. The van der Waals surface area contributed by atoms with Gasteiger partial charge in [-0.05, 0) is 42.2 Å². The van der Waals surface area contributed by atoms with Crippen LogP contribution < -0.4 is 0 Å². The largest absolute Gasteiger partial charge is 0.412 e. The van der Waals surface area contributed by atoms with Gasteiger partial charge >= 0.3 is 0 Å². The van der Waals surface area contributed by atoms with Crippen LogP contribution in [0.1, 0.15) is 39.2 Å². The predicted molar refractivity (Wildman–Crippen MR) is 115 cm³/mol. The Labute approximate surface area is 174 Å². The molecule has 1 aliphatic heterocycles. The Morgan fingerprint density at radius 1 is 1.31 bits per heavy atom. The van der Waals surface area contributed by atoms with E-state index in [2.05, 4.69) is 39.0 Å². The number of hydrogen-bond acceptors (Lipinski definition) is 7. The van der Waals surface area contributed by atoms with Gasteiger partial charge in [0.2, 0.25) is 0 Å². The van der Waals surface area contributed by atoms with Crippen LogP contribution in [0.15, 0.2) is 29.4 Å². The van der Waals surface area contributed by atoms with Gasteiger partial charge in [0.05, 0.1) is 17.6 Å². The van der Waals surface area contributed by atoms with E-state index >= 15 is 0 Å². The summed E-state index contributed by atoms with van der Waals surface area (Å²) in [6.07, 6.45) is 3.42.